The molecule has 0 aliphatic heterocycles. The molecule has 0 radical (unpaired) electrons. The first kappa shape index (κ1) is 15.5. The van der Waals surface area contributed by atoms with Gasteiger partial charge < -0.3 is 4.42 Å². The number of oxazole rings is 1. The summed E-state index contributed by atoms with van der Waals surface area (Å²) in [6, 6.07) is 10.2. The van der Waals surface area contributed by atoms with Crippen LogP contribution in [0.15, 0.2) is 58.3 Å². The molecule has 0 N–H and O–H groups in total. The second-order valence-corrected chi connectivity index (χ2v) is 5.87. The lowest BCUT2D eigenvalue weighted by atomic mass is 10.2. The SMILES string of the molecule is O=[N+]([O-])c1cccnc1SCc1coc(-c2ccccc2Cl)n1. The van der Waals surface area contributed by atoms with E-state index in [0.717, 1.165) is 0 Å². The van der Waals surface area contributed by atoms with Gasteiger partial charge in [0.25, 0.3) is 0 Å². The highest BCUT2D eigenvalue weighted by atomic mass is 35.5. The van der Waals surface area contributed by atoms with Gasteiger partial charge in [0.2, 0.25) is 5.89 Å². The van der Waals surface area contributed by atoms with Gasteiger partial charge in [0.05, 0.1) is 21.2 Å². The van der Waals surface area contributed by atoms with Crippen molar-refractivity contribution in [1.29, 1.82) is 0 Å². The average molecular weight is 348 g/mol. The van der Waals surface area contributed by atoms with E-state index in [2.05, 4.69) is 9.97 Å². The quantitative estimate of drug-likeness (QED) is 0.381. The molecule has 0 amide bonds. The first-order valence-electron chi connectivity index (χ1n) is 6.56. The number of benzene rings is 1. The van der Waals surface area contributed by atoms with Crippen LogP contribution < -0.4 is 0 Å². The number of aromatic nitrogens is 2. The fraction of sp³-hybridized carbons (Fsp3) is 0.0667. The van der Waals surface area contributed by atoms with Crippen molar-refractivity contribution in [1.82, 2.24) is 9.97 Å². The van der Waals surface area contributed by atoms with Crippen LogP contribution in [0.25, 0.3) is 11.5 Å². The number of rotatable bonds is 5. The molecule has 3 rings (SSSR count). The first-order valence-corrected chi connectivity index (χ1v) is 7.93. The Hall–Kier alpha value is -2.38. The molecule has 0 fully saturated rings. The predicted octanol–water partition coefficient (Wildman–Crippen LogP) is 4.59. The summed E-state index contributed by atoms with van der Waals surface area (Å²) in [5.41, 5.74) is 1.34. The molecular weight excluding hydrogens is 338 g/mol. The molecule has 0 spiro atoms. The molecule has 0 saturated carbocycles. The van der Waals surface area contributed by atoms with E-state index >= 15 is 0 Å². The van der Waals surface area contributed by atoms with Gasteiger partial charge in [-0.3, -0.25) is 10.1 Å². The number of nitrogens with zero attached hydrogens (tertiary/aromatic N) is 3. The normalized spacial score (nSPS) is 10.7. The van der Waals surface area contributed by atoms with Crippen molar-refractivity contribution < 1.29 is 9.34 Å². The number of thioether (sulfide) groups is 1. The molecule has 0 saturated heterocycles. The Morgan fingerprint density at radius 3 is 2.87 bits per heavy atom. The lowest BCUT2D eigenvalue weighted by Crippen LogP contribution is -1.93. The summed E-state index contributed by atoms with van der Waals surface area (Å²) >= 11 is 7.34. The van der Waals surface area contributed by atoms with E-state index < -0.39 is 4.92 Å². The molecule has 2 heterocycles. The van der Waals surface area contributed by atoms with Gasteiger partial charge in [0.1, 0.15) is 6.26 Å². The van der Waals surface area contributed by atoms with Crippen LogP contribution in [0, 0.1) is 10.1 Å². The molecule has 116 valence electrons. The van der Waals surface area contributed by atoms with Crippen molar-refractivity contribution in [2.24, 2.45) is 0 Å². The smallest absolute Gasteiger partial charge is 0.301 e. The van der Waals surface area contributed by atoms with Crippen LogP contribution in [0.3, 0.4) is 0 Å². The minimum Gasteiger partial charge on any atom is -0.444 e. The van der Waals surface area contributed by atoms with Crippen LogP contribution in [0.2, 0.25) is 5.02 Å². The van der Waals surface area contributed by atoms with Crippen molar-refractivity contribution in [3.8, 4) is 11.5 Å². The van der Waals surface area contributed by atoms with E-state index in [-0.39, 0.29) is 5.69 Å². The van der Waals surface area contributed by atoms with Gasteiger partial charge in [-0.15, -0.1) is 0 Å². The van der Waals surface area contributed by atoms with Gasteiger partial charge in [-0.1, -0.05) is 35.5 Å². The molecule has 0 aliphatic rings. The average Bonchev–Trinajstić information content (AvgIpc) is 3.02. The second kappa shape index (κ2) is 6.80. The van der Waals surface area contributed by atoms with E-state index in [9.17, 15) is 10.1 Å². The van der Waals surface area contributed by atoms with Gasteiger partial charge in [0.15, 0.2) is 5.03 Å². The monoisotopic (exact) mass is 347 g/mol. The summed E-state index contributed by atoms with van der Waals surface area (Å²) in [7, 11) is 0. The zero-order valence-corrected chi connectivity index (χ0v) is 13.3. The topological polar surface area (TPSA) is 82.1 Å². The van der Waals surface area contributed by atoms with Crippen molar-refractivity contribution in [2.45, 2.75) is 10.8 Å². The Morgan fingerprint density at radius 2 is 2.09 bits per heavy atom. The third-order valence-corrected chi connectivity index (χ3v) is 4.32. The summed E-state index contributed by atoms with van der Waals surface area (Å²) in [6.45, 7) is 0. The van der Waals surface area contributed by atoms with E-state index in [4.69, 9.17) is 16.0 Å². The number of hydrogen-bond acceptors (Lipinski definition) is 6. The molecule has 0 aliphatic carbocycles. The maximum Gasteiger partial charge on any atom is 0.301 e. The minimum absolute atomic E-state index is 0.0210. The van der Waals surface area contributed by atoms with Gasteiger partial charge in [0, 0.05) is 18.0 Å². The van der Waals surface area contributed by atoms with Crippen LogP contribution in [-0.4, -0.2) is 14.9 Å². The molecule has 23 heavy (non-hydrogen) atoms. The second-order valence-electron chi connectivity index (χ2n) is 4.50. The van der Waals surface area contributed by atoms with E-state index in [1.165, 1.54) is 36.4 Å². The molecule has 3 aromatic rings. The number of hydrogen-bond donors (Lipinski definition) is 0. The maximum absolute atomic E-state index is 11.0. The summed E-state index contributed by atoms with van der Waals surface area (Å²) in [6.07, 6.45) is 3.04. The van der Waals surface area contributed by atoms with Crippen molar-refractivity contribution in [3.63, 3.8) is 0 Å². The lowest BCUT2D eigenvalue weighted by molar-refractivity contribution is -0.388. The third kappa shape index (κ3) is 3.52. The highest BCUT2D eigenvalue weighted by Gasteiger charge is 2.16. The molecule has 0 atom stereocenters. The fourth-order valence-corrected chi connectivity index (χ4v) is 2.97. The molecule has 6 nitrogen and oxygen atoms in total. The number of nitro groups is 1. The van der Waals surface area contributed by atoms with Crippen molar-refractivity contribution in [3.05, 3.63) is 69.7 Å². The van der Waals surface area contributed by atoms with Crippen molar-refractivity contribution >= 4 is 29.1 Å². The molecule has 0 bridgehead atoms. The van der Waals surface area contributed by atoms with E-state index in [0.29, 0.717) is 32.9 Å². The summed E-state index contributed by atoms with van der Waals surface area (Å²) in [5.74, 6) is 0.827. The van der Waals surface area contributed by atoms with Gasteiger partial charge in [-0.05, 0) is 18.2 Å². The highest BCUT2D eigenvalue weighted by Crippen LogP contribution is 2.31. The largest absolute Gasteiger partial charge is 0.444 e. The summed E-state index contributed by atoms with van der Waals surface area (Å²) in [5, 5.41) is 11.9. The minimum atomic E-state index is -0.451. The van der Waals surface area contributed by atoms with Crippen LogP contribution >= 0.6 is 23.4 Å². The van der Waals surface area contributed by atoms with E-state index in [1.807, 2.05) is 18.2 Å². The third-order valence-electron chi connectivity index (χ3n) is 2.96. The maximum atomic E-state index is 11.0. The Morgan fingerprint density at radius 1 is 1.26 bits per heavy atom. The first-order chi connectivity index (χ1) is 11.1. The van der Waals surface area contributed by atoms with Crippen LogP contribution in [0.4, 0.5) is 5.69 Å². The highest BCUT2D eigenvalue weighted by molar-refractivity contribution is 7.98. The van der Waals surface area contributed by atoms with E-state index in [1.54, 1.807) is 6.07 Å². The molecule has 8 heteroatoms. The number of pyridine rings is 1. The molecule has 0 unspecified atom stereocenters. The zero-order valence-electron chi connectivity index (χ0n) is 11.7. The number of halogens is 1. The fourth-order valence-electron chi connectivity index (χ4n) is 1.91. The summed E-state index contributed by atoms with van der Waals surface area (Å²) < 4.78 is 5.43. The Kier molecular flexibility index (Phi) is 4.59. The van der Waals surface area contributed by atoms with Crippen LogP contribution in [0.1, 0.15) is 5.69 Å². The molecular formula is C15H10ClN3O3S. The zero-order chi connectivity index (χ0) is 16.2. The Bertz CT molecular complexity index is 853. The molecule has 2 aromatic heterocycles. The van der Waals surface area contributed by atoms with Crippen LogP contribution in [-0.2, 0) is 5.75 Å². The van der Waals surface area contributed by atoms with Gasteiger partial charge in [-0.25, -0.2) is 9.97 Å². The standard InChI is InChI=1S/C15H10ClN3O3S/c16-12-5-2-1-4-11(12)14-18-10(8-22-14)9-23-15-13(19(20)21)6-3-7-17-15/h1-8H,9H2. The van der Waals surface area contributed by atoms with Crippen LogP contribution in [0.5, 0.6) is 0 Å². The molecule has 1 aromatic carbocycles. The lowest BCUT2D eigenvalue weighted by Gasteiger charge is -1.99. The van der Waals surface area contributed by atoms with Gasteiger partial charge >= 0.3 is 5.69 Å². The van der Waals surface area contributed by atoms with Gasteiger partial charge in [-0.2, -0.15) is 0 Å². The predicted molar refractivity (Wildman–Crippen MR) is 87.4 cm³/mol. The Balaban J connectivity index is 1.76. The summed E-state index contributed by atoms with van der Waals surface area (Å²) in [4.78, 5) is 18.9. The van der Waals surface area contributed by atoms with Crippen molar-refractivity contribution in [2.75, 3.05) is 0 Å². The Labute approximate surface area is 140 Å².